The molecule has 4 atom stereocenters. The molecule has 0 radical (unpaired) electrons. The summed E-state index contributed by atoms with van der Waals surface area (Å²) in [7, 11) is 0. The van der Waals surface area contributed by atoms with Gasteiger partial charge in [0, 0.05) is 12.8 Å². The summed E-state index contributed by atoms with van der Waals surface area (Å²) in [6.45, 7) is -0.322. The van der Waals surface area contributed by atoms with Gasteiger partial charge >= 0.3 is 0 Å². The van der Waals surface area contributed by atoms with Crippen molar-refractivity contribution in [2.75, 3.05) is 6.61 Å². The van der Waals surface area contributed by atoms with Crippen molar-refractivity contribution in [2.45, 2.75) is 56.8 Å². The van der Waals surface area contributed by atoms with Gasteiger partial charge in [0.1, 0.15) is 6.10 Å². The van der Waals surface area contributed by atoms with Crippen molar-refractivity contribution in [1.29, 1.82) is 0 Å². The fourth-order valence-corrected chi connectivity index (χ4v) is 3.68. The maximum atomic E-state index is 12.1. The van der Waals surface area contributed by atoms with Gasteiger partial charge in [-0.05, 0) is 42.6 Å². The average molecular weight is 357 g/mol. The zero-order valence-electron chi connectivity index (χ0n) is 14.5. The smallest absolute Gasteiger partial charge is 0.266 e. The number of ether oxygens (including phenoxy) is 1. The van der Waals surface area contributed by atoms with E-state index in [0.29, 0.717) is 5.92 Å². The first-order valence-corrected chi connectivity index (χ1v) is 9.08. The topological polar surface area (TPSA) is 95.9 Å². The van der Waals surface area contributed by atoms with E-state index in [9.17, 15) is 14.7 Å². The molecule has 138 valence electrons. The molecule has 1 saturated carbocycles. The zero-order chi connectivity index (χ0) is 18.5. The van der Waals surface area contributed by atoms with Gasteiger partial charge in [-0.1, -0.05) is 18.8 Å². The van der Waals surface area contributed by atoms with Crippen LogP contribution in [0.1, 0.15) is 38.5 Å². The number of aliphatic hydroxyl groups is 2. The van der Waals surface area contributed by atoms with E-state index >= 15 is 0 Å². The average Bonchev–Trinajstić information content (AvgIpc) is 3.25. The standard InChI is InChI=1S/C20H23NO5/c22-12-18-16(23)11-17(26-18)15-10-14(19(24)21-20(15)25)9-3-1-2-6-13-7-4-5-8-13/h10,13,15-18,22-23H,4-8,11-12H2,(H,21,24,25). The highest BCUT2D eigenvalue weighted by atomic mass is 16.5. The molecule has 26 heavy (non-hydrogen) atoms. The Morgan fingerprint density at radius 2 is 2.00 bits per heavy atom. The third-order valence-corrected chi connectivity index (χ3v) is 5.18. The molecule has 6 nitrogen and oxygen atoms in total. The van der Waals surface area contributed by atoms with Crippen LogP contribution in [0, 0.1) is 35.5 Å². The first kappa shape index (κ1) is 18.7. The van der Waals surface area contributed by atoms with Crippen molar-refractivity contribution in [2.24, 2.45) is 11.8 Å². The number of hydrogen-bond acceptors (Lipinski definition) is 5. The summed E-state index contributed by atoms with van der Waals surface area (Å²) in [4.78, 5) is 24.0. The van der Waals surface area contributed by atoms with Gasteiger partial charge in [-0.15, -0.1) is 0 Å². The maximum Gasteiger partial charge on any atom is 0.266 e. The molecule has 3 N–H and O–H groups in total. The third-order valence-electron chi connectivity index (χ3n) is 5.18. The Hall–Kier alpha value is -2.12. The van der Waals surface area contributed by atoms with Crippen LogP contribution in [0.25, 0.3) is 0 Å². The minimum absolute atomic E-state index is 0.176. The molecule has 1 aliphatic carbocycles. The predicted octanol–water partition coefficient (Wildman–Crippen LogP) is 0.283. The van der Waals surface area contributed by atoms with Crippen LogP contribution in [0.2, 0.25) is 0 Å². The summed E-state index contributed by atoms with van der Waals surface area (Å²) in [6.07, 6.45) is 5.38. The fourth-order valence-electron chi connectivity index (χ4n) is 3.68. The summed E-state index contributed by atoms with van der Waals surface area (Å²) in [6, 6.07) is 0. The van der Waals surface area contributed by atoms with Crippen LogP contribution >= 0.6 is 0 Å². The molecule has 6 heteroatoms. The first-order valence-electron chi connectivity index (χ1n) is 9.08. The van der Waals surface area contributed by atoms with Gasteiger partial charge in [-0.25, -0.2) is 0 Å². The van der Waals surface area contributed by atoms with E-state index in [1.807, 2.05) is 0 Å². The fraction of sp³-hybridized carbons (Fsp3) is 0.600. The van der Waals surface area contributed by atoms with Crippen LogP contribution in [-0.2, 0) is 14.3 Å². The number of aliphatic hydroxyl groups excluding tert-OH is 2. The lowest BCUT2D eigenvalue weighted by atomic mass is 9.92. The van der Waals surface area contributed by atoms with Crippen molar-refractivity contribution < 1.29 is 24.5 Å². The number of carbonyl (C=O) groups excluding carboxylic acids is 2. The number of rotatable bonds is 3. The van der Waals surface area contributed by atoms with Crippen LogP contribution < -0.4 is 5.32 Å². The van der Waals surface area contributed by atoms with E-state index in [0.717, 1.165) is 6.42 Å². The van der Waals surface area contributed by atoms with Crippen LogP contribution in [-0.4, -0.2) is 46.9 Å². The molecule has 0 aromatic carbocycles. The molecule has 4 unspecified atom stereocenters. The quantitative estimate of drug-likeness (QED) is 0.498. The molecular weight excluding hydrogens is 334 g/mol. The second-order valence-corrected chi connectivity index (χ2v) is 7.03. The molecule has 3 aliphatic rings. The highest BCUT2D eigenvalue weighted by Gasteiger charge is 2.42. The molecule has 0 spiro atoms. The summed E-state index contributed by atoms with van der Waals surface area (Å²) in [5.41, 5.74) is 0.176. The van der Waals surface area contributed by atoms with Gasteiger partial charge in [0.25, 0.3) is 5.91 Å². The molecule has 2 heterocycles. The number of nitrogens with one attached hydrogen (secondary N) is 1. The lowest BCUT2D eigenvalue weighted by Gasteiger charge is -2.23. The molecular formula is C20H23NO5. The SMILES string of the molecule is O=C1NC(=O)C(C2CC(O)C(CO)O2)C=C1C#CC#CCC1CCCC1. The normalized spacial score (nSPS) is 31.5. The lowest BCUT2D eigenvalue weighted by Crippen LogP contribution is -2.44. The maximum absolute atomic E-state index is 12.1. The summed E-state index contributed by atoms with van der Waals surface area (Å²) in [5.74, 6) is 10.1. The number of hydrogen-bond donors (Lipinski definition) is 3. The minimum atomic E-state index is -0.834. The molecule has 2 aliphatic heterocycles. The summed E-state index contributed by atoms with van der Waals surface area (Å²) in [5, 5.41) is 21.3. The van der Waals surface area contributed by atoms with Gasteiger partial charge in [0.2, 0.25) is 5.91 Å². The molecule has 0 aromatic heterocycles. The minimum Gasteiger partial charge on any atom is -0.394 e. The monoisotopic (exact) mass is 357 g/mol. The van der Waals surface area contributed by atoms with Gasteiger partial charge in [0.15, 0.2) is 0 Å². The second-order valence-electron chi connectivity index (χ2n) is 7.03. The van der Waals surface area contributed by atoms with Crippen molar-refractivity contribution in [1.82, 2.24) is 5.32 Å². The van der Waals surface area contributed by atoms with Gasteiger partial charge in [0.05, 0.1) is 30.3 Å². The van der Waals surface area contributed by atoms with E-state index < -0.39 is 36.0 Å². The van der Waals surface area contributed by atoms with Gasteiger partial charge in [-0.3, -0.25) is 14.9 Å². The van der Waals surface area contributed by atoms with Crippen molar-refractivity contribution in [3.05, 3.63) is 11.6 Å². The zero-order valence-corrected chi connectivity index (χ0v) is 14.5. The van der Waals surface area contributed by atoms with E-state index in [1.165, 1.54) is 31.8 Å². The van der Waals surface area contributed by atoms with Crippen molar-refractivity contribution >= 4 is 11.8 Å². The summed E-state index contributed by atoms with van der Waals surface area (Å²) >= 11 is 0. The Morgan fingerprint density at radius 3 is 2.69 bits per heavy atom. The molecule has 1 saturated heterocycles. The number of amides is 2. The molecule has 0 aromatic rings. The molecule has 3 rings (SSSR count). The molecule has 2 amide bonds. The van der Waals surface area contributed by atoms with Crippen LogP contribution in [0.15, 0.2) is 11.6 Å². The highest BCUT2D eigenvalue weighted by molar-refractivity contribution is 6.11. The Morgan fingerprint density at radius 1 is 1.23 bits per heavy atom. The predicted molar refractivity (Wildman–Crippen MR) is 93.2 cm³/mol. The highest BCUT2D eigenvalue weighted by Crippen LogP contribution is 2.29. The van der Waals surface area contributed by atoms with Gasteiger partial charge in [-0.2, -0.15) is 0 Å². The van der Waals surface area contributed by atoms with Crippen LogP contribution in [0.3, 0.4) is 0 Å². The van der Waals surface area contributed by atoms with Gasteiger partial charge < -0.3 is 14.9 Å². The van der Waals surface area contributed by atoms with Crippen molar-refractivity contribution in [3.63, 3.8) is 0 Å². The van der Waals surface area contributed by atoms with E-state index in [1.54, 1.807) is 0 Å². The molecule has 2 fully saturated rings. The largest absolute Gasteiger partial charge is 0.394 e. The molecule has 0 bridgehead atoms. The Balaban J connectivity index is 1.66. The Bertz CT molecular complexity index is 714. The van der Waals surface area contributed by atoms with E-state index in [2.05, 4.69) is 29.0 Å². The third kappa shape index (κ3) is 4.34. The van der Waals surface area contributed by atoms with E-state index in [-0.39, 0.29) is 18.6 Å². The lowest BCUT2D eigenvalue weighted by molar-refractivity contribution is -0.134. The Labute approximate surface area is 153 Å². The Kier molecular flexibility index (Phi) is 6.11. The van der Waals surface area contributed by atoms with Crippen LogP contribution in [0.4, 0.5) is 0 Å². The number of imide groups is 1. The summed E-state index contributed by atoms with van der Waals surface area (Å²) < 4.78 is 5.52. The number of carbonyl (C=O) groups is 2. The van der Waals surface area contributed by atoms with Crippen molar-refractivity contribution in [3.8, 4) is 23.7 Å². The first-order chi connectivity index (χ1) is 12.6. The van der Waals surface area contributed by atoms with E-state index in [4.69, 9.17) is 9.84 Å². The second kappa shape index (κ2) is 8.51. The van der Waals surface area contributed by atoms with Crippen LogP contribution in [0.5, 0.6) is 0 Å².